The highest BCUT2D eigenvalue weighted by molar-refractivity contribution is 7.12. The molecule has 0 saturated heterocycles. The lowest BCUT2D eigenvalue weighted by Gasteiger charge is -2.18. The Balaban J connectivity index is 2.17. The number of aryl methyl sites for hydroxylation is 1. The second-order valence-electron chi connectivity index (χ2n) is 5.96. The minimum absolute atomic E-state index is 0.102. The van der Waals surface area contributed by atoms with Crippen LogP contribution in [0, 0.1) is 12.8 Å². The minimum Gasteiger partial charge on any atom is -0.346 e. The van der Waals surface area contributed by atoms with Gasteiger partial charge in [-0.05, 0) is 31.9 Å². The summed E-state index contributed by atoms with van der Waals surface area (Å²) in [6.07, 6.45) is 0. The highest BCUT2D eigenvalue weighted by Gasteiger charge is 2.21. The molecule has 1 unspecified atom stereocenters. The topological polar surface area (TPSA) is 68.0 Å². The van der Waals surface area contributed by atoms with Gasteiger partial charge < -0.3 is 11.1 Å². The van der Waals surface area contributed by atoms with E-state index in [1.165, 1.54) is 0 Å². The van der Waals surface area contributed by atoms with E-state index < -0.39 is 6.04 Å². The lowest BCUT2D eigenvalue weighted by atomic mass is 10.0. The predicted molar refractivity (Wildman–Crippen MR) is 96.7 cm³/mol. The molecule has 124 valence electrons. The standard InChI is InChI=1S/C17H22ClN3OS/c1-9(2)14(19)16(22)20-10(3)17-21-15(11(4)23-17)12-5-7-13(18)8-6-12/h5-10,14H,19H2,1-4H3,(H,20,22)/t10?,14-/m0/s1. The van der Waals surface area contributed by atoms with Crippen LogP contribution < -0.4 is 11.1 Å². The number of hydrogen-bond acceptors (Lipinski definition) is 4. The number of aromatic nitrogens is 1. The number of carbonyl (C=O) groups is 1. The fraction of sp³-hybridized carbons (Fsp3) is 0.412. The minimum atomic E-state index is -0.505. The van der Waals surface area contributed by atoms with Crippen molar-refractivity contribution in [3.05, 3.63) is 39.2 Å². The molecule has 23 heavy (non-hydrogen) atoms. The van der Waals surface area contributed by atoms with E-state index in [0.29, 0.717) is 5.02 Å². The normalized spacial score (nSPS) is 13.9. The summed E-state index contributed by atoms with van der Waals surface area (Å²) in [6, 6.07) is 6.93. The molecule has 1 aromatic heterocycles. The smallest absolute Gasteiger partial charge is 0.237 e. The van der Waals surface area contributed by atoms with Crippen LogP contribution in [0.1, 0.15) is 36.7 Å². The van der Waals surface area contributed by atoms with E-state index in [1.54, 1.807) is 11.3 Å². The van der Waals surface area contributed by atoms with E-state index in [-0.39, 0.29) is 17.9 Å². The second-order valence-corrected chi connectivity index (χ2v) is 7.64. The number of rotatable bonds is 5. The third-order valence-corrected chi connectivity index (χ3v) is 5.09. The zero-order chi connectivity index (χ0) is 17.1. The molecule has 2 rings (SSSR count). The van der Waals surface area contributed by atoms with Gasteiger partial charge in [0.25, 0.3) is 0 Å². The highest BCUT2D eigenvalue weighted by atomic mass is 35.5. The molecule has 2 aromatic rings. The van der Waals surface area contributed by atoms with Crippen LogP contribution in [0.25, 0.3) is 11.3 Å². The zero-order valence-electron chi connectivity index (χ0n) is 13.8. The Bertz CT molecular complexity index is 682. The Hall–Kier alpha value is -1.43. The van der Waals surface area contributed by atoms with Crippen LogP contribution in [0.5, 0.6) is 0 Å². The maximum absolute atomic E-state index is 12.1. The third-order valence-electron chi connectivity index (χ3n) is 3.68. The number of nitrogens with one attached hydrogen (secondary N) is 1. The molecule has 3 N–H and O–H groups in total. The molecule has 2 atom stereocenters. The van der Waals surface area contributed by atoms with Crippen LogP contribution in [0.15, 0.2) is 24.3 Å². The van der Waals surface area contributed by atoms with Gasteiger partial charge >= 0.3 is 0 Å². The van der Waals surface area contributed by atoms with Crippen LogP contribution in [0.4, 0.5) is 0 Å². The molecule has 0 aliphatic rings. The zero-order valence-corrected chi connectivity index (χ0v) is 15.3. The first-order valence-electron chi connectivity index (χ1n) is 7.58. The molecule has 0 aliphatic heterocycles. The van der Waals surface area contributed by atoms with Crippen molar-refractivity contribution in [2.45, 2.75) is 39.8 Å². The summed E-state index contributed by atoms with van der Waals surface area (Å²) in [5.74, 6) is -0.0433. The Morgan fingerprint density at radius 1 is 1.26 bits per heavy atom. The van der Waals surface area contributed by atoms with Gasteiger partial charge in [0.05, 0.1) is 17.8 Å². The quantitative estimate of drug-likeness (QED) is 0.857. The maximum atomic E-state index is 12.1. The summed E-state index contributed by atoms with van der Waals surface area (Å²) >= 11 is 7.51. The molecule has 1 aromatic carbocycles. The molecule has 6 heteroatoms. The van der Waals surface area contributed by atoms with Gasteiger partial charge in [-0.3, -0.25) is 4.79 Å². The van der Waals surface area contributed by atoms with Gasteiger partial charge in [-0.1, -0.05) is 37.6 Å². The Morgan fingerprint density at radius 2 is 1.87 bits per heavy atom. The van der Waals surface area contributed by atoms with Gasteiger partial charge in [-0.25, -0.2) is 4.98 Å². The fourth-order valence-electron chi connectivity index (χ4n) is 2.15. The number of amides is 1. The largest absolute Gasteiger partial charge is 0.346 e. The van der Waals surface area contributed by atoms with E-state index in [0.717, 1.165) is 21.1 Å². The average molecular weight is 352 g/mol. The summed E-state index contributed by atoms with van der Waals surface area (Å²) in [5.41, 5.74) is 7.83. The van der Waals surface area contributed by atoms with Crippen LogP contribution in [-0.2, 0) is 4.79 Å². The second kappa shape index (κ2) is 7.43. The number of thiazole rings is 1. The molecule has 1 amide bonds. The van der Waals surface area contributed by atoms with Crippen molar-refractivity contribution in [2.24, 2.45) is 11.7 Å². The highest BCUT2D eigenvalue weighted by Crippen LogP contribution is 2.31. The van der Waals surface area contributed by atoms with Crippen molar-refractivity contribution in [3.8, 4) is 11.3 Å². The van der Waals surface area contributed by atoms with Gasteiger partial charge in [0, 0.05) is 15.5 Å². The van der Waals surface area contributed by atoms with Crippen molar-refractivity contribution in [3.63, 3.8) is 0 Å². The van der Waals surface area contributed by atoms with Crippen molar-refractivity contribution >= 4 is 28.8 Å². The molecule has 1 heterocycles. The fourth-order valence-corrected chi connectivity index (χ4v) is 3.22. The average Bonchev–Trinajstić information content (AvgIpc) is 2.89. The summed E-state index contributed by atoms with van der Waals surface area (Å²) in [5, 5.41) is 4.51. The number of hydrogen-bond donors (Lipinski definition) is 2. The maximum Gasteiger partial charge on any atom is 0.237 e. The van der Waals surface area contributed by atoms with E-state index >= 15 is 0 Å². The first-order valence-corrected chi connectivity index (χ1v) is 8.78. The molecular formula is C17H22ClN3OS. The lowest BCUT2D eigenvalue weighted by molar-refractivity contribution is -0.123. The number of benzene rings is 1. The Morgan fingerprint density at radius 3 is 2.43 bits per heavy atom. The summed E-state index contributed by atoms with van der Waals surface area (Å²) in [6.45, 7) is 7.82. The predicted octanol–water partition coefficient (Wildman–Crippen LogP) is 3.93. The van der Waals surface area contributed by atoms with E-state index in [1.807, 2.05) is 52.0 Å². The van der Waals surface area contributed by atoms with E-state index in [9.17, 15) is 4.79 Å². The Kier molecular flexibility index (Phi) is 5.79. The summed E-state index contributed by atoms with van der Waals surface area (Å²) in [4.78, 5) is 17.9. The van der Waals surface area contributed by atoms with Gasteiger partial charge in [0.2, 0.25) is 5.91 Å². The number of carbonyl (C=O) groups excluding carboxylic acids is 1. The summed E-state index contributed by atoms with van der Waals surface area (Å²) in [7, 11) is 0. The molecule has 0 spiro atoms. The SMILES string of the molecule is Cc1sc(C(C)NC(=O)[C@@H](N)C(C)C)nc1-c1ccc(Cl)cc1. The first-order chi connectivity index (χ1) is 10.8. The monoisotopic (exact) mass is 351 g/mol. The van der Waals surface area contributed by atoms with Gasteiger partial charge in [0.1, 0.15) is 5.01 Å². The van der Waals surface area contributed by atoms with E-state index in [2.05, 4.69) is 10.3 Å². The molecular weight excluding hydrogens is 330 g/mol. The van der Waals surface area contributed by atoms with Crippen LogP contribution >= 0.6 is 22.9 Å². The van der Waals surface area contributed by atoms with E-state index in [4.69, 9.17) is 17.3 Å². The third kappa shape index (κ3) is 4.31. The van der Waals surface area contributed by atoms with Crippen molar-refractivity contribution < 1.29 is 4.79 Å². The first kappa shape index (κ1) is 17.9. The van der Waals surface area contributed by atoms with Crippen molar-refractivity contribution in [1.82, 2.24) is 10.3 Å². The van der Waals surface area contributed by atoms with Crippen LogP contribution in [0.2, 0.25) is 5.02 Å². The van der Waals surface area contributed by atoms with Crippen molar-refractivity contribution in [1.29, 1.82) is 0 Å². The molecule has 0 fully saturated rings. The summed E-state index contributed by atoms with van der Waals surface area (Å²) < 4.78 is 0. The van der Waals surface area contributed by atoms with Crippen LogP contribution in [-0.4, -0.2) is 16.9 Å². The molecule has 4 nitrogen and oxygen atoms in total. The molecule has 0 saturated carbocycles. The van der Waals surface area contributed by atoms with Crippen molar-refractivity contribution in [2.75, 3.05) is 0 Å². The number of halogens is 1. The number of nitrogens with two attached hydrogens (primary N) is 1. The van der Waals surface area contributed by atoms with Crippen LogP contribution in [0.3, 0.4) is 0 Å². The van der Waals surface area contributed by atoms with Gasteiger partial charge in [-0.2, -0.15) is 0 Å². The number of nitrogens with zero attached hydrogens (tertiary/aromatic N) is 1. The molecule has 0 radical (unpaired) electrons. The molecule has 0 aliphatic carbocycles. The Labute approximate surface area is 146 Å². The molecule has 0 bridgehead atoms. The lowest BCUT2D eigenvalue weighted by Crippen LogP contribution is -2.44. The van der Waals surface area contributed by atoms with Gasteiger partial charge in [0.15, 0.2) is 0 Å². The van der Waals surface area contributed by atoms with Gasteiger partial charge in [-0.15, -0.1) is 11.3 Å².